The molecule has 82 valence electrons. The minimum atomic E-state index is 0.694. The molecule has 0 nitrogen and oxygen atoms in total. The van der Waals surface area contributed by atoms with Crippen LogP contribution in [0.1, 0.15) is 38.7 Å². The monoisotopic (exact) mass is 202 g/mol. The molecule has 0 heterocycles. The van der Waals surface area contributed by atoms with E-state index in [0.29, 0.717) is 5.92 Å². The predicted octanol–water partition coefficient (Wildman–Crippen LogP) is 4.61. The first-order chi connectivity index (χ1) is 7.29. The summed E-state index contributed by atoms with van der Waals surface area (Å²) in [6.07, 6.45) is 9.66. The maximum atomic E-state index is 2.32. The minimum Gasteiger partial charge on any atom is -0.0883 e. The molecule has 1 aromatic rings. The van der Waals surface area contributed by atoms with Crippen molar-refractivity contribution in [3.63, 3.8) is 0 Å². The van der Waals surface area contributed by atoms with E-state index in [1.165, 1.54) is 31.2 Å². The van der Waals surface area contributed by atoms with E-state index in [9.17, 15) is 0 Å². The summed E-state index contributed by atoms with van der Waals surface area (Å²) in [5.41, 5.74) is 1.46. The second-order valence-electron chi connectivity index (χ2n) is 4.40. The molecule has 0 N–H and O–H groups in total. The topological polar surface area (TPSA) is 0 Å². The largest absolute Gasteiger partial charge is 0.0883 e. The van der Waals surface area contributed by atoms with E-state index in [-0.39, 0.29) is 0 Å². The number of unbranched alkanes of at least 4 members (excludes halogenated alkanes) is 2. The van der Waals surface area contributed by atoms with Crippen LogP contribution in [0.15, 0.2) is 42.5 Å². The first kappa shape index (κ1) is 12.0. The minimum absolute atomic E-state index is 0.694. The number of allylic oxidation sites excluding steroid dienone is 2. The lowest BCUT2D eigenvalue weighted by atomic mass is 10.1. The highest BCUT2D eigenvalue weighted by molar-refractivity contribution is 5.14. The molecule has 0 amide bonds. The molecule has 0 radical (unpaired) electrons. The maximum absolute atomic E-state index is 2.32. The molecule has 0 spiro atoms. The van der Waals surface area contributed by atoms with E-state index in [1.807, 2.05) is 0 Å². The highest BCUT2D eigenvalue weighted by atomic mass is 14.0. The van der Waals surface area contributed by atoms with Crippen LogP contribution in [0.3, 0.4) is 0 Å². The summed E-state index contributed by atoms with van der Waals surface area (Å²) < 4.78 is 0. The van der Waals surface area contributed by atoms with E-state index in [1.54, 1.807) is 0 Å². The SMILES string of the molecule is CC(C)/C=C\CCCCc1ccccc1. The van der Waals surface area contributed by atoms with Crippen molar-refractivity contribution in [1.82, 2.24) is 0 Å². The summed E-state index contributed by atoms with van der Waals surface area (Å²) in [5.74, 6) is 0.694. The Morgan fingerprint density at radius 2 is 1.80 bits per heavy atom. The Balaban J connectivity index is 2.07. The van der Waals surface area contributed by atoms with Gasteiger partial charge in [0.15, 0.2) is 0 Å². The number of rotatable bonds is 6. The molecule has 0 atom stereocenters. The molecular formula is C15H22. The number of hydrogen-bond donors (Lipinski definition) is 0. The molecule has 0 aliphatic rings. The van der Waals surface area contributed by atoms with Gasteiger partial charge in [0.1, 0.15) is 0 Å². The van der Waals surface area contributed by atoms with Gasteiger partial charge in [-0.15, -0.1) is 0 Å². The van der Waals surface area contributed by atoms with Gasteiger partial charge in [-0.1, -0.05) is 56.3 Å². The lowest BCUT2D eigenvalue weighted by Gasteiger charge is -1.99. The second kappa shape index (κ2) is 7.28. The van der Waals surface area contributed by atoms with Crippen molar-refractivity contribution < 1.29 is 0 Å². The Bertz CT molecular complexity index is 269. The first-order valence-corrected chi connectivity index (χ1v) is 5.99. The van der Waals surface area contributed by atoms with Crippen LogP contribution in [0.5, 0.6) is 0 Å². The van der Waals surface area contributed by atoms with Gasteiger partial charge in [0.05, 0.1) is 0 Å². The van der Waals surface area contributed by atoms with Gasteiger partial charge in [0, 0.05) is 0 Å². The third-order valence-corrected chi connectivity index (χ3v) is 2.45. The van der Waals surface area contributed by atoms with Crippen LogP contribution in [0.4, 0.5) is 0 Å². The smallest absolute Gasteiger partial charge is 0.0279 e. The third kappa shape index (κ3) is 6.11. The van der Waals surface area contributed by atoms with Crippen molar-refractivity contribution in [2.45, 2.75) is 39.5 Å². The zero-order valence-electron chi connectivity index (χ0n) is 9.95. The highest BCUT2D eigenvalue weighted by Crippen LogP contribution is 2.07. The van der Waals surface area contributed by atoms with Crippen LogP contribution in [0.2, 0.25) is 0 Å². The normalized spacial score (nSPS) is 11.4. The van der Waals surface area contributed by atoms with E-state index in [4.69, 9.17) is 0 Å². The van der Waals surface area contributed by atoms with Gasteiger partial charge in [-0.05, 0) is 37.2 Å². The molecule has 0 heteroatoms. The molecule has 0 saturated heterocycles. The van der Waals surface area contributed by atoms with Gasteiger partial charge in [-0.2, -0.15) is 0 Å². The molecule has 0 bridgehead atoms. The summed E-state index contributed by atoms with van der Waals surface area (Å²) >= 11 is 0. The average molecular weight is 202 g/mol. The lowest BCUT2D eigenvalue weighted by molar-refractivity contribution is 0.739. The van der Waals surface area contributed by atoms with E-state index < -0.39 is 0 Å². The van der Waals surface area contributed by atoms with E-state index >= 15 is 0 Å². The predicted molar refractivity (Wildman–Crippen MR) is 68.0 cm³/mol. The fourth-order valence-corrected chi connectivity index (χ4v) is 1.60. The van der Waals surface area contributed by atoms with Crippen LogP contribution in [-0.2, 0) is 6.42 Å². The fraction of sp³-hybridized carbons (Fsp3) is 0.467. The standard InChI is InChI=1S/C15H22/c1-14(2)10-6-3-4-7-11-15-12-8-5-9-13-15/h5-6,8-10,12-14H,3-4,7,11H2,1-2H3/b10-6-. The highest BCUT2D eigenvalue weighted by Gasteiger charge is 1.91. The average Bonchev–Trinajstić information content (AvgIpc) is 2.24. The van der Waals surface area contributed by atoms with Crippen molar-refractivity contribution in [3.05, 3.63) is 48.0 Å². The Kier molecular flexibility index (Phi) is 5.84. The summed E-state index contributed by atoms with van der Waals surface area (Å²) in [5, 5.41) is 0. The zero-order valence-corrected chi connectivity index (χ0v) is 9.95. The summed E-state index contributed by atoms with van der Waals surface area (Å²) in [4.78, 5) is 0. The van der Waals surface area contributed by atoms with E-state index in [0.717, 1.165) is 0 Å². The Labute approximate surface area is 94.0 Å². The van der Waals surface area contributed by atoms with Gasteiger partial charge in [-0.3, -0.25) is 0 Å². The van der Waals surface area contributed by atoms with Crippen molar-refractivity contribution in [3.8, 4) is 0 Å². The molecule has 0 aliphatic heterocycles. The second-order valence-corrected chi connectivity index (χ2v) is 4.40. The Hall–Kier alpha value is -1.04. The van der Waals surface area contributed by atoms with Crippen molar-refractivity contribution in [1.29, 1.82) is 0 Å². The molecule has 0 fully saturated rings. The fourth-order valence-electron chi connectivity index (χ4n) is 1.60. The Morgan fingerprint density at radius 3 is 2.47 bits per heavy atom. The quantitative estimate of drug-likeness (QED) is 0.467. The number of hydrogen-bond acceptors (Lipinski definition) is 0. The van der Waals surface area contributed by atoms with Gasteiger partial charge < -0.3 is 0 Å². The van der Waals surface area contributed by atoms with Gasteiger partial charge >= 0.3 is 0 Å². The van der Waals surface area contributed by atoms with Gasteiger partial charge in [0.25, 0.3) is 0 Å². The van der Waals surface area contributed by atoms with Crippen LogP contribution < -0.4 is 0 Å². The van der Waals surface area contributed by atoms with Crippen LogP contribution in [0.25, 0.3) is 0 Å². The van der Waals surface area contributed by atoms with Crippen molar-refractivity contribution >= 4 is 0 Å². The molecule has 0 aliphatic carbocycles. The molecule has 1 rings (SSSR count). The van der Waals surface area contributed by atoms with Crippen molar-refractivity contribution in [2.24, 2.45) is 5.92 Å². The molecule has 0 unspecified atom stereocenters. The van der Waals surface area contributed by atoms with Crippen LogP contribution >= 0.6 is 0 Å². The lowest BCUT2D eigenvalue weighted by Crippen LogP contribution is -1.84. The summed E-state index contributed by atoms with van der Waals surface area (Å²) in [6, 6.07) is 10.7. The molecule has 15 heavy (non-hydrogen) atoms. The third-order valence-electron chi connectivity index (χ3n) is 2.45. The van der Waals surface area contributed by atoms with Gasteiger partial charge in [-0.25, -0.2) is 0 Å². The zero-order chi connectivity index (χ0) is 10.9. The molecular weight excluding hydrogens is 180 g/mol. The van der Waals surface area contributed by atoms with Crippen LogP contribution in [-0.4, -0.2) is 0 Å². The molecule has 1 aromatic carbocycles. The maximum Gasteiger partial charge on any atom is -0.0279 e. The van der Waals surface area contributed by atoms with Crippen LogP contribution in [0, 0.1) is 5.92 Å². The first-order valence-electron chi connectivity index (χ1n) is 5.99. The van der Waals surface area contributed by atoms with Crippen molar-refractivity contribution in [2.75, 3.05) is 0 Å². The summed E-state index contributed by atoms with van der Waals surface area (Å²) in [6.45, 7) is 4.45. The van der Waals surface area contributed by atoms with Gasteiger partial charge in [0.2, 0.25) is 0 Å². The molecule has 0 aromatic heterocycles. The number of benzene rings is 1. The number of aryl methyl sites for hydroxylation is 1. The molecule has 0 saturated carbocycles. The Morgan fingerprint density at radius 1 is 1.07 bits per heavy atom. The summed E-state index contributed by atoms with van der Waals surface area (Å²) in [7, 11) is 0. The van der Waals surface area contributed by atoms with E-state index in [2.05, 4.69) is 56.3 Å².